The molecule has 0 spiro atoms. The Morgan fingerprint density at radius 1 is 1.02 bits per heavy atom. The van der Waals surface area contributed by atoms with E-state index in [2.05, 4.69) is 14.9 Å². The molecule has 1 saturated carbocycles. The lowest BCUT2D eigenvalue weighted by Gasteiger charge is -2.41. The van der Waals surface area contributed by atoms with Gasteiger partial charge in [0.1, 0.15) is 5.75 Å². The second-order valence-electron chi connectivity index (χ2n) is 12.3. The highest BCUT2D eigenvalue weighted by Crippen LogP contribution is 2.39. The number of carbonyl (C=O) groups is 1. The highest BCUT2D eigenvalue weighted by Gasteiger charge is 2.45. The first-order valence-electron chi connectivity index (χ1n) is 15.2. The van der Waals surface area contributed by atoms with Gasteiger partial charge in [-0.2, -0.15) is 0 Å². The van der Waals surface area contributed by atoms with Gasteiger partial charge in [0, 0.05) is 31.8 Å². The fraction of sp³-hybridized carbons (Fsp3) is 0.594. The van der Waals surface area contributed by atoms with E-state index in [0.717, 1.165) is 44.1 Å². The number of aliphatic hydroxyl groups excluding tert-OH is 1. The summed E-state index contributed by atoms with van der Waals surface area (Å²) in [6.07, 6.45) is 6.66. The quantitative estimate of drug-likeness (QED) is 0.324. The van der Waals surface area contributed by atoms with Crippen molar-refractivity contribution in [1.29, 1.82) is 0 Å². The molecule has 1 aliphatic carbocycles. The van der Waals surface area contributed by atoms with Crippen LogP contribution in [0.25, 0.3) is 0 Å². The predicted molar refractivity (Wildman–Crippen MR) is 161 cm³/mol. The van der Waals surface area contributed by atoms with Crippen LogP contribution in [-0.4, -0.2) is 82.0 Å². The van der Waals surface area contributed by atoms with Crippen LogP contribution in [0.1, 0.15) is 56.9 Å². The third-order valence-corrected chi connectivity index (χ3v) is 11.1. The molecule has 2 aromatic carbocycles. The smallest absolute Gasteiger partial charge is 0.240 e. The zero-order valence-corrected chi connectivity index (χ0v) is 25.5. The number of amides is 1. The molecule has 9 nitrogen and oxygen atoms in total. The number of aliphatic hydroxyl groups is 1. The van der Waals surface area contributed by atoms with Crippen LogP contribution in [0.3, 0.4) is 0 Å². The maximum absolute atomic E-state index is 13.6. The molecule has 5 rings (SSSR count). The summed E-state index contributed by atoms with van der Waals surface area (Å²) in [6.45, 7) is 0.819. The van der Waals surface area contributed by atoms with Gasteiger partial charge in [0.05, 0.1) is 36.2 Å². The summed E-state index contributed by atoms with van der Waals surface area (Å²) in [6, 6.07) is 16.1. The van der Waals surface area contributed by atoms with Gasteiger partial charge in [0.25, 0.3) is 0 Å². The van der Waals surface area contributed by atoms with Crippen molar-refractivity contribution in [2.75, 3.05) is 27.4 Å². The number of nitrogens with one attached hydrogen (secondary N) is 2. The van der Waals surface area contributed by atoms with Crippen molar-refractivity contribution in [3.05, 3.63) is 60.2 Å². The van der Waals surface area contributed by atoms with Crippen LogP contribution in [0.15, 0.2) is 59.5 Å². The van der Waals surface area contributed by atoms with E-state index in [1.54, 1.807) is 38.5 Å². The number of carbonyl (C=O) groups excluding carboxylic acids is 1. The molecule has 230 valence electrons. The van der Waals surface area contributed by atoms with Gasteiger partial charge in [-0.3, -0.25) is 9.69 Å². The summed E-state index contributed by atoms with van der Waals surface area (Å²) in [5.74, 6) is 0.578. The third kappa shape index (κ3) is 7.00. The summed E-state index contributed by atoms with van der Waals surface area (Å²) >= 11 is 0. The number of ether oxygens (including phenoxy) is 2. The van der Waals surface area contributed by atoms with E-state index in [-0.39, 0.29) is 28.9 Å². The number of nitrogens with zero attached hydrogens (tertiary/aromatic N) is 1. The van der Waals surface area contributed by atoms with E-state index >= 15 is 0 Å². The fourth-order valence-electron chi connectivity index (χ4n) is 7.29. The van der Waals surface area contributed by atoms with E-state index in [0.29, 0.717) is 38.2 Å². The molecule has 2 bridgehead atoms. The minimum Gasteiger partial charge on any atom is -0.497 e. The molecule has 0 aromatic heterocycles. The Kier molecular flexibility index (Phi) is 9.89. The Morgan fingerprint density at radius 3 is 2.26 bits per heavy atom. The topological polar surface area (TPSA) is 117 Å². The van der Waals surface area contributed by atoms with Crippen LogP contribution in [0, 0.1) is 5.41 Å². The molecule has 3 fully saturated rings. The van der Waals surface area contributed by atoms with Gasteiger partial charge in [-0.1, -0.05) is 43.2 Å². The van der Waals surface area contributed by atoms with Gasteiger partial charge >= 0.3 is 0 Å². The van der Waals surface area contributed by atoms with E-state index < -0.39 is 27.6 Å². The van der Waals surface area contributed by atoms with Crippen LogP contribution in [0.2, 0.25) is 0 Å². The number of methoxy groups -OCH3 is 2. The van der Waals surface area contributed by atoms with Crippen LogP contribution in [-0.2, 0) is 26.0 Å². The lowest BCUT2D eigenvalue weighted by molar-refractivity contribution is -0.135. The highest BCUT2D eigenvalue weighted by atomic mass is 32.2. The van der Waals surface area contributed by atoms with E-state index in [9.17, 15) is 18.3 Å². The average Bonchev–Trinajstić information content (AvgIpc) is 3.55. The van der Waals surface area contributed by atoms with E-state index in [4.69, 9.17) is 9.47 Å². The van der Waals surface area contributed by atoms with E-state index in [1.165, 1.54) is 0 Å². The molecule has 2 heterocycles. The van der Waals surface area contributed by atoms with Crippen LogP contribution < -0.4 is 14.8 Å². The van der Waals surface area contributed by atoms with Crippen molar-refractivity contribution in [2.45, 2.75) is 93.0 Å². The second kappa shape index (κ2) is 13.4. The first kappa shape index (κ1) is 30.9. The Hall–Kier alpha value is -2.50. The number of hydrogen-bond acceptors (Lipinski definition) is 7. The predicted octanol–water partition coefficient (Wildman–Crippen LogP) is 3.26. The zero-order chi connectivity index (χ0) is 29.7. The SMILES string of the molecule is COCC1(C(=O)NC(Cc2ccccc2)C(O)CN2C3CCC2CC(NS(=O)(=O)c2ccc(OC)cc2)C3)CCCC1. The molecule has 1 amide bonds. The summed E-state index contributed by atoms with van der Waals surface area (Å²) in [5, 5.41) is 14.9. The molecule has 10 heteroatoms. The van der Waals surface area contributed by atoms with Gasteiger partial charge < -0.3 is 19.9 Å². The molecule has 3 N–H and O–H groups in total. The van der Waals surface area contributed by atoms with Gasteiger partial charge in [-0.05, 0) is 74.8 Å². The molecule has 2 aliphatic heterocycles. The van der Waals surface area contributed by atoms with Crippen molar-refractivity contribution < 1.29 is 27.8 Å². The molecule has 42 heavy (non-hydrogen) atoms. The molecule has 0 radical (unpaired) electrons. The Labute approximate surface area is 250 Å². The van der Waals surface area contributed by atoms with Gasteiger partial charge in [0.15, 0.2) is 0 Å². The average molecular weight is 600 g/mol. The second-order valence-corrected chi connectivity index (χ2v) is 14.0. The largest absolute Gasteiger partial charge is 0.497 e. The van der Waals surface area contributed by atoms with Gasteiger partial charge in [0.2, 0.25) is 15.9 Å². The Bertz CT molecular complexity index is 1270. The minimum absolute atomic E-state index is 0.0311. The van der Waals surface area contributed by atoms with Crippen LogP contribution in [0.5, 0.6) is 5.75 Å². The molecule has 2 saturated heterocycles. The lowest BCUT2D eigenvalue weighted by atomic mass is 9.85. The number of piperidine rings is 1. The first-order valence-corrected chi connectivity index (χ1v) is 16.7. The third-order valence-electron chi connectivity index (χ3n) is 9.52. The Morgan fingerprint density at radius 2 is 1.67 bits per heavy atom. The van der Waals surface area contributed by atoms with Crippen LogP contribution >= 0.6 is 0 Å². The van der Waals surface area contributed by atoms with Crippen molar-refractivity contribution in [2.24, 2.45) is 5.41 Å². The molecular weight excluding hydrogens is 554 g/mol. The highest BCUT2D eigenvalue weighted by molar-refractivity contribution is 7.89. The van der Waals surface area contributed by atoms with Crippen molar-refractivity contribution in [3.8, 4) is 5.75 Å². The Balaban J connectivity index is 1.25. The van der Waals surface area contributed by atoms with Gasteiger partial charge in [-0.25, -0.2) is 13.1 Å². The van der Waals surface area contributed by atoms with Crippen molar-refractivity contribution in [3.63, 3.8) is 0 Å². The van der Waals surface area contributed by atoms with E-state index in [1.807, 2.05) is 30.3 Å². The summed E-state index contributed by atoms with van der Waals surface area (Å²) in [7, 11) is -0.468. The normalized spacial score (nSPS) is 25.2. The lowest BCUT2D eigenvalue weighted by Crippen LogP contribution is -2.57. The standard InChI is InChI=1S/C32H45N3O6S/c1-40-22-32(16-6-7-17-32)31(37)33-29(18-23-8-4-3-5-9-23)30(36)21-35-25-10-11-26(35)20-24(19-25)34-42(38,39)28-14-12-27(41-2)13-15-28/h3-5,8-9,12-15,24-26,29-30,34,36H,6-7,10-11,16-22H2,1-2H3,(H,33,37). The maximum Gasteiger partial charge on any atom is 0.240 e. The monoisotopic (exact) mass is 599 g/mol. The van der Waals surface area contributed by atoms with Crippen molar-refractivity contribution in [1.82, 2.24) is 14.9 Å². The van der Waals surface area contributed by atoms with Gasteiger partial charge in [-0.15, -0.1) is 0 Å². The number of benzene rings is 2. The van der Waals surface area contributed by atoms with Crippen LogP contribution in [0.4, 0.5) is 0 Å². The molecule has 4 unspecified atom stereocenters. The number of rotatable bonds is 13. The number of hydrogen-bond donors (Lipinski definition) is 3. The van der Waals surface area contributed by atoms with Crippen molar-refractivity contribution >= 4 is 15.9 Å². The summed E-state index contributed by atoms with van der Waals surface area (Å²) < 4.78 is 39.7. The first-order chi connectivity index (χ1) is 20.2. The molecular formula is C32H45N3O6S. The maximum atomic E-state index is 13.6. The fourth-order valence-corrected chi connectivity index (χ4v) is 8.55. The number of fused-ring (bicyclic) bond motifs is 2. The molecule has 3 aliphatic rings. The molecule has 4 atom stereocenters. The zero-order valence-electron chi connectivity index (χ0n) is 24.7. The molecule has 2 aromatic rings. The summed E-state index contributed by atoms with van der Waals surface area (Å²) in [5.41, 5.74) is 0.519. The number of sulfonamides is 1. The minimum atomic E-state index is -3.66. The summed E-state index contributed by atoms with van der Waals surface area (Å²) in [4.78, 5) is 16.2.